The van der Waals surface area contributed by atoms with Crippen LogP contribution in [0.4, 0.5) is 26.3 Å². The number of hydrogen-bond donors (Lipinski definition) is 0. The monoisotopic (exact) mass is 683 g/mol. The summed E-state index contributed by atoms with van der Waals surface area (Å²) in [4.78, 5) is 14.5. The Balaban J connectivity index is 1.60. The average Bonchev–Trinajstić information content (AvgIpc) is 2.93. The molecule has 4 rings (SSSR count). The summed E-state index contributed by atoms with van der Waals surface area (Å²) in [5.74, 6) is -0.765. The number of halogens is 8. The van der Waals surface area contributed by atoms with E-state index in [0.29, 0.717) is 17.7 Å². The van der Waals surface area contributed by atoms with Crippen LogP contribution in [0.1, 0.15) is 34.2 Å². The second kappa shape index (κ2) is 12.9. The first-order valence-corrected chi connectivity index (χ1v) is 15.2. The summed E-state index contributed by atoms with van der Waals surface area (Å²) in [6.45, 7) is 1.03. The van der Waals surface area contributed by atoms with E-state index in [1.165, 1.54) is 29.2 Å². The van der Waals surface area contributed by atoms with Gasteiger partial charge in [-0.3, -0.25) is 8.98 Å². The molecule has 1 heterocycles. The van der Waals surface area contributed by atoms with Crippen molar-refractivity contribution in [1.82, 2.24) is 4.90 Å². The lowest BCUT2D eigenvalue weighted by atomic mass is 9.88. The Hall–Kier alpha value is -2.84. The van der Waals surface area contributed by atoms with Crippen LogP contribution in [0.3, 0.4) is 0 Å². The number of hydrogen-bond acceptors (Lipinski definition) is 5. The first-order chi connectivity index (χ1) is 20.4. The fourth-order valence-electron chi connectivity index (χ4n) is 4.74. The molecular weight excluding hydrogens is 659 g/mol. The lowest BCUT2D eigenvalue weighted by Gasteiger charge is -2.43. The number of carbonyl (C=O) groups is 1. The summed E-state index contributed by atoms with van der Waals surface area (Å²) >= 11 is 12.3. The van der Waals surface area contributed by atoms with E-state index >= 15 is 0 Å². The van der Waals surface area contributed by atoms with Gasteiger partial charge < -0.3 is 9.64 Å². The Kier molecular flexibility index (Phi) is 9.96. The molecule has 0 aromatic heterocycles. The Labute approximate surface area is 259 Å². The van der Waals surface area contributed by atoms with E-state index < -0.39 is 63.7 Å². The maximum atomic E-state index is 13.4. The highest BCUT2D eigenvalue weighted by Gasteiger charge is 2.41. The molecule has 0 aliphatic carbocycles. The zero-order valence-corrected chi connectivity index (χ0v) is 25.3. The van der Waals surface area contributed by atoms with Gasteiger partial charge in [-0.05, 0) is 60.5 Å². The smallest absolute Gasteiger partial charge is 0.366 e. The number of aryl methyl sites for hydroxylation is 1. The number of carbonyl (C=O) groups excluding carboxylic acids is 1. The van der Waals surface area contributed by atoms with Crippen LogP contribution in [0, 0.1) is 6.92 Å². The fourth-order valence-corrected chi connectivity index (χ4v) is 5.95. The van der Waals surface area contributed by atoms with Crippen molar-refractivity contribution >= 4 is 39.2 Å². The van der Waals surface area contributed by atoms with E-state index in [0.717, 1.165) is 5.56 Å². The van der Waals surface area contributed by atoms with Crippen LogP contribution in [0.5, 0.6) is 0 Å². The van der Waals surface area contributed by atoms with Crippen LogP contribution in [0.25, 0.3) is 0 Å². The van der Waals surface area contributed by atoms with Crippen LogP contribution < -0.4 is 0 Å². The largest absolute Gasteiger partial charge is 0.416 e. The minimum Gasteiger partial charge on any atom is -0.366 e. The third kappa shape index (κ3) is 8.05. The number of benzene rings is 3. The van der Waals surface area contributed by atoms with Gasteiger partial charge in [-0.15, -0.1) is 0 Å². The molecule has 44 heavy (non-hydrogen) atoms. The molecule has 0 bridgehead atoms. The second-order valence-corrected chi connectivity index (χ2v) is 12.6. The lowest BCUT2D eigenvalue weighted by molar-refractivity contribution is -0.155. The molecule has 0 spiro atoms. The highest BCUT2D eigenvalue weighted by atomic mass is 35.5. The lowest BCUT2D eigenvalue weighted by Crippen LogP contribution is -2.52. The number of nitrogens with zero attached hydrogens (tertiary/aromatic N) is 1. The molecular formula is C29H25Cl2F6NO5S. The summed E-state index contributed by atoms with van der Waals surface area (Å²) < 4.78 is 117. The van der Waals surface area contributed by atoms with Gasteiger partial charge in [-0.1, -0.05) is 47.0 Å². The van der Waals surface area contributed by atoms with Crippen molar-refractivity contribution in [1.29, 1.82) is 0 Å². The van der Waals surface area contributed by atoms with E-state index in [4.69, 9.17) is 32.1 Å². The number of rotatable bonds is 8. The molecule has 3 aromatic carbocycles. The first kappa shape index (κ1) is 34.0. The molecule has 3 aromatic rings. The van der Waals surface area contributed by atoms with Crippen molar-refractivity contribution < 1.29 is 48.5 Å². The van der Waals surface area contributed by atoms with Crippen molar-refractivity contribution in [3.63, 3.8) is 0 Å². The Bertz CT molecular complexity index is 1600. The van der Waals surface area contributed by atoms with E-state index in [9.17, 15) is 39.6 Å². The van der Waals surface area contributed by atoms with Gasteiger partial charge in [-0.2, -0.15) is 34.8 Å². The molecule has 0 N–H and O–H groups in total. The van der Waals surface area contributed by atoms with Crippen molar-refractivity contribution in [3.8, 4) is 0 Å². The predicted molar refractivity (Wildman–Crippen MR) is 150 cm³/mol. The third-order valence-corrected chi connectivity index (χ3v) is 9.11. The fraction of sp³-hybridized carbons (Fsp3) is 0.345. The molecule has 6 nitrogen and oxygen atoms in total. The van der Waals surface area contributed by atoms with Crippen LogP contribution >= 0.6 is 23.2 Å². The van der Waals surface area contributed by atoms with E-state index in [1.54, 1.807) is 25.1 Å². The van der Waals surface area contributed by atoms with Crippen molar-refractivity contribution in [2.75, 3.05) is 26.3 Å². The zero-order chi connectivity index (χ0) is 32.5. The van der Waals surface area contributed by atoms with Crippen molar-refractivity contribution in [2.24, 2.45) is 0 Å². The summed E-state index contributed by atoms with van der Waals surface area (Å²) in [5, 5.41) is 0.338. The van der Waals surface area contributed by atoms with Gasteiger partial charge in [0, 0.05) is 13.0 Å². The molecule has 0 saturated carbocycles. The van der Waals surface area contributed by atoms with Gasteiger partial charge in [0.05, 0.1) is 52.2 Å². The standard InChI is InChI=1S/C29H25Cl2F6NO5S/c1-18-2-5-23(6-3-18)44(40,41)43-10-8-27(20-4-7-24(30)25(31)16-20)17-38(9-11-42-27)26(39)14-19-12-21(28(32,33)34)15-22(13-19)29(35,36)37/h2-7,12-13,15-16H,8-11,14,17H2,1H3. The van der Waals surface area contributed by atoms with E-state index in [-0.39, 0.29) is 47.1 Å². The molecule has 15 heteroatoms. The normalized spacial score (nSPS) is 18.0. The van der Waals surface area contributed by atoms with Gasteiger partial charge in [-0.25, -0.2) is 0 Å². The minimum absolute atomic E-state index is 0.0112. The van der Waals surface area contributed by atoms with Crippen LogP contribution in [-0.2, 0) is 48.2 Å². The molecule has 0 radical (unpaired) electrons. The summed E-state index contributed by atoms with van der Waals surface area (Å²) in [7, 11) is -4.17. The maximum absolute atomic E-state index is 13.4. The average molecular weight is 684 g/mol. The number of ether oxygens (including phenoxy) is 1. The number of morpholine rings is 1. The Morgan fingerprint density at radius 1 is 0.932 bits per heavy atom. The number of alkyl halides is 6. The maximum Gasteiger partial charge on any atom is 0.416 e. The SMILES string of the molecule is Cc1ccc(S(=O)(=O)OCCC2(c3ccc(Cl)c(Cl)c3)CN(C(=O)Cc3cc(C(F)(F)F)cc(C(F)(F)F)c3)CCO2)cc1. The topological polar surface area (TPSA) is 72.9 Å². The quantitative estimate of drug-likeness (QED) is 0.182. The minimum atomic E-state index is -5.07. The summed E-state index contributed by atoms with van der Waals surface area (Å²) in [5.41, 5.74) is -3.71. The van der Waals surface area contributed by atoms with Crippen LogP contribution in [0.2, 0.25) is 10.0 Å². The van der Waals surface area contributed by atoms with Crippen molar-refractivity contribution in [3.05, 3.63) is 98.5 Å². The van der Waals surface area contributed by atoms with Gasteiger partial charge in [0.2, 0.25) is 5.91 Å². The molecule has 1 atom stereocenters. The molecule has 1 saturated heterocycles. The van der Waals surface area contributed by atoms with Crippen molar-refractivity contribution in [2.45, 2.75) is 42.6 Å². The highest BCUT2D eigenvalue weighted by Crippen LogP contribution is 2.39. The first-order valence-electron chi connectivity index (χ1n) is 13.0. The van der Waals surface area contributed by atoms with E-state index in [2.05, 4.69) is 0 Å². The highest BCUT2D eigenvalue weighted by molar-refractivity contribution is 7.86. The third-order valence-electron chi connectivity index (χ3n) is 7.04. The molecule has 238 valence electrons. The van der Waals surface area contributed by atoms with Crippen LogP contribution in [-0.4, -0.2) is 45.5 Å². The molecule has 1 aliphatic rings. The molecule has 1 aliphatic heterocycles. The molecule has 1 fully saturated rings. The molecule has 1 amide bonds. The van der Waals surface area contributed by atoms with Gasteiger partial charge in [0.15, 0.2) is 0 Å². The second-order valence-electron chi connectivity index (χ2n) is 10.2. The zero-order valence-electron chi connectivity index (χ0n) is 22.9. The number of amides is 1. The van der Waals surface area contributed by atoms with Gasteiger partial charge >= 0.3 is 12.4 Å². The van der Waals surface area contributed by atoms with Gasteiger partial charge in [0.1, 0.15) is 5.60 Å². The molecule has 1 unspecified atom stereocenters. The summed E-state index contributed by atoms with van der Waals surface area (Å²) in [6.07, 6.45) is -11.0. The Morgan fingerprint density at radius 3 is 2.11 bits per heavy atom. The van der Waals surface area contributed by atoms with E-state index in [1.807, 2.05) is 0 Å². The van der Waals surface area contributed by atoms with Crippen LogP contribution in [0.15, 0.2) is 65.6 Å². The Morgan fingerprint density at radius 2 is 1.55 bits per heavy atom. The predicted octanol–water partition coefficient (Wildman–Crippen LogP) is 7.43. The summed E-state index contributed by atoms with van der Waals surface area (Å²) in [6, 6.07) is 11.5. The van der Waals surface area contributed by atoms with Gasteiger partial charge in [0.25, 0.3) is 10.1 Å².